The van der Waals surface area contributed by atoms with Crippen molar-refractivity contribution in [3.05, 3.63) is 66.2 Å². The maximum atomic E-state index is 13.4. The lowest BCUT2D eigenvalue weighted by Gasteiger charge is -2.35. The predicted molar refractivity (Wildman–Crippen MR) is 144 cm³/mol. The minimum atomic E-state index is -0.0656. The minimum Gasteiger partial charge on any atom is -0.497 e. The largest absolute Gasteiger partial charge is 0.497 e. The van der Waals surface area contributed by atoms with Crippen LogP contribution in [0.5, 0.6) is 11.5 Å². The van der Waals surface area contributed by atoms with Crippen LogP contribution in [-0.4, -0.2) is 75.9 Å². The molecule has 4 heterocycles. The Morgan fingerprint density at radius 1 is 0.947 bits per heavy atom. The highest BCUT2D eigenvalue weighted by molar-refractivity contribution is 5.94. The summed E-state index contributed by atoms with van der Waals surface area (Å²) in [5, 5.41) is 7.82. The molecule has 3 aromatic heterocycles. The molecule has 1 N–H and O–H groups in total. The highest BCUT2D eigenvalue weighted by Gasteiger charge is 2.26. The van der Waals surface area contributed by atoms with E-state index in [1.54, 1.807) is 38.2 Å². The van der Waals surface area contributed by atoms with Crippen LogP contribution in [0.4, 0.5) is 17.5 Å². The van der Waals surface area contributed by atoms with Crippen molar-refractivity contribution in [3.8, 4) is 22.8 Å². The number of anilines is 3. The molecule has 1 fully saturated rings. The number of hydrogen-bond acceptors (Lipinski definition) is 9. The van der Waals surface area contributed by atoms with Crippen LogP contribution in [-0.2, 0) is 7.05 Å². The van der Waals surface area contributed by atoms with E-state index in [4.69, 9.17) is 9.47 Å². The normalized spacial score (nSPS) is 13.4. The van der Waals surface area contributed by atoms with Crippen molar-refractivity contribution < 1.29 is 14.3 Å². The number of methoxy groups -OCH3 is 2. The summed E-state index contributed by atoms with van der Waals surface area (Å²) < 4.78 is 12.5. The van der Waals surface area contributed by atoms with Crippen LogP contribution >= 0.6 is 0 Å². The summed E-state index contributed by atoms with van der Waals surface area (Å²) in [6.07, 6.45) is 1.73. The average molecular weight is 515 g/mol. The van der Waals surface area contributed by atoms with E-state index in [0.29, 0.717) is 66.5 Å². The SMILES string of the molecule is COc1ccc(OC)c(-c2cc(C(=O)N3CCN(c4cc(Nc5ccccn5)nc(C)n4)CC3)n(C)n2)c1. The third kappa shape index (κ3) is 5.22. The molecule has 0 aliphatic carbocycles. The number of piperazine rings is 1. The zero-order valence-electron chi connectivity index (χ0n) is 21.9. The van der Waals surface area contributed by atoms with Gasteiger partial charge in [-0.15, -0.1) is 0 Å². The van der Waals surface area contributed by atoms with Crippen LogP contribution in [0.1, 0.15) is 16.3 Å². The van der Waals surface area contributed by atoms with E-state index < -0.39 is 0 Å². The molecule has 1 aliphatic heterocycles. The number of benzene rings is 1. The second-order valence-electron chi connectivity index (χ2n) is 8.88. The van der Waals surface area contributed by atoms with Crippen LogP contribution in [0.15, 0.2) is 54.7 Å². The standard InChI is InChI=1S/C27H30N8O3/c1-18-29-25(31-24-7-5-6-10-28-24)17-26(30-18)34-11-13-35(14-12-34)27(36)22-16-21(32-33(22)2)20-15-19(37-3)8-9-23(20)38-4/h5-10,15-17H,11-14H2,1-4H3,(H,28,29,30,31). The predicted octanol–water partition coefficient (Wildman–Crippen LogP) is 3.30. The molecule has 1 amide bonds. The molecule has 1 aliphatic rings. The van der Waals surface area contributed by atoms with Gasteiger partial charge < -0.3 is 24.6 Å². The molecule has 11 heteroatoms. The quantitative estimate of drug-likeness (QED) is 0.397. The number of aryl methyl sites for hydroxylation is 2. The highest BCUT2D eigenvalue weighted by Crippen LogP contribution is 2.33. The van der Waals surface area contributed by atoms with E-state index in [2.05, 4.69) is 30.3 Å². The Labute approximate surface area is 221 Å². The zero-order valence-corrected chi connectivity index (χ0v) is 21.9. The molecule has 0 radical (unpaired) electrons. The molecular formula is C27H30N8O3. The van der Waals surface area contributed by atoms with Crippen molar-refractivity contribution in [2.24, 2.45) is 7.05 Å². The first-order valence-corrected chi connectivity index (χ1v) is 12.3. The lowest BCUT2D eigenvalue weighted by Crippen LogP contribution is -2.49. The van der Waals surface area contributed by atoms with Gasteiger partial charge >= 0.3 is 0 Å². The summed E-state index contributed by atoms with van der Waals surface area (Å²) in [5.41, 5.74) is 1.92. The van der Waals surface area contributed by atoms with Crippen LogP contribution in [0.25, 0.3) is 11.3 Å². The van der Waals surface area contributed by atoms with E-state index in [0.717, 1.165) is 11.4 Å². The number of rotatable bonds is 7. The first-order valence-electron chi connectivity index (χ1n) is 12.3. The van der Waals surface area contributed by atoms with E-state index in [1.165, 1.54) is 0 Å². The summed E-state index contributed by atoms with van der Waals surface area (Å²) >= 11 is 0. The number of amides is 1. The lowest BCUT2D eigenvalue weighted by atomic mass is 10.1. The van der Waals surface area contributed by atoms with Crippen molar-refractivity contribution in [1.82, 2.24) is 29.6 Å². The van der Waals surface area contributed by atoms with Crippen LogP contribution in [0, 0.1) is 6.92 Å². The average Bonchev–Trinajstić information content (AvgIpc) is 3.33. The van der Waals surface area contributed by atoms with Gasteiger partial charge in [-0.05, 0) is 43.3 Å². The Bertz CT molecular complexity index is 1430. The fraction of sp³-hybridized carbons (Fsp3) is 0.296. The second kappa shape index (κ2) is 10.8. The third-order valence-electron chi connectivity index (χ3n) is 6.42. The van der Waals surface area contributed by atoms with E-state index in [1.807, 2.05) is 54.3 Å². The molecular weight excluding hydrogens is 484 g/mol. The van der Waals surface area contributed by atoms with Gasteiger partial charge in [0, 0.05) is 51.1 Å². The van der Waals surface area contributed by atoms with Gasteiger partial charge in [0.25, 0.3) is 5.91 Å². The molecule has 38 heavy (non-hydrogen) atoms. The molecule has 1 aromatic carbocycles. The Hall–Kier alpha value is -4.67. The number of hydrogen-bond donors (Lipinski definition) is 1. The number of aromatic nitrogens is 5. The Balaban J connectivity index is 1.29. The first kappa shape index (κ1) is 25.0. The topological polar surface area (TPSA) is 111 Å². The maximum absolute atomic E-state index is 13.4. The molecule has 0 saturated carbocycles. The van der Waals surface area contributed by atoms with Gasteiger partial charge in [-0.3, -0.25) is 9.48 Å². The monoisotopic (exact) mass is 514 g/mol. The zero-order chi connectivity index (χ0) is 26.6. The van der Waals surface area contributed by atoms with Crippen molar-refractivity contribution in [3.63, 3.8) is 0 Å². The Morgan fingerprint density at radius 2 is 1.76 bits per heavy atom. The van der Waals surface area contributed by atoms with Gasteiger partial charge in [0.1, 0.15) is 40.5 Å². The molecule has 1 saturated heterocycles. The first-order chi connectivity index (χ1) is 18.4. The van der Waals surface area contributed by atoms with E-state index in [-0.39, 0.29) is 5.91 Å². The Morgan fingerprint density at radius 3 is 2.47 bits per heavy atom. The molecule has 0 spiro atoms. The maximum Gasteiger partial charge on any atom is 0.272 e. The van der Waals surface area contributed by atoms with Gasteiger partial charge in [-0.2, -0.15) is 5.10 Å². The lowest BCUT2D eigenvalue weighted by molar-refractivity contribution is 0.0735. The molecule has 4 aromatic rings. The summed E-state index contributed by atoms with van der Waals surface area (Å²) in [4.78, 5) is 30.9. The fourth-order valence-electron chi connectivity index (χ4n) is 4.46. The van der Waals surface area contributed by atoms with Crippen LogP contribution < -0.4 is 19.7 Å². The number of nitrogens with one attached hydrogen (secondary N) is 1. The number of ether oxygens (including phenoxy) is 2. The van der Waals surface area contributed by atoms with E-state index >= 15 is 0 Å². The summed E-state index contributed by atoms with van der Waals surface area (Å²) in [6.45, 7) is 4.30. The number of pyridine rings is 1. The van der Waals surface area contributed by atoms with Crippen molar-refractivity contribution in [2.45, 2.75) is 6.92 Å². The van der Waals surface area contributed by atoms with Crippen LogP contribution in [0.2, 0.25) is 0 Å². The van der Waals surface area contributed by atoms with Gasteiger partial charge in [-0.1, -0.05) is 6.07 Å². The van der Waals surface area contributed by atoms with E-state index in [9.17, 15) is 4.79 Å². The van der Waals surface area contributed by atoms with Crippen molar-refractivity contribution in [1.29, 1.82) is 0 Å². The van der Waals surface area contributed by atoms with Crippen molar-refractivity contribution in [2.75, 3.05) is 50.6 Å². The van der Waals surface area contributed by atoms with Crippen molar-refractivity contribution >= 4 is 23.4 Å². The Kier molecular flexibility index (Phi) is 7.07. The third-order valence-corrected chi connectivity index (χ3v) is 6.42. The summed E-state index contributed by atoms with van der Waals surface area (Å²) in [6, 6.07) is 14.9. The molecule has 5 rings (SSSR count). The molecule has 11 nitrogen and oxygen atoms in total. The molecule has 0 bridgehead atoms. The number of carbonyl (C=O) groups excluding carboxylic acids is 1. The van der Waals surface area contributed by atoms with Gasteiger partial charge in [0.2, 0.25) is 0 Å². The summed E-state index contributed by atoms with van der Waals surface area (Å²) in [5.74, 6) is 4.16. The minimum absolute atomic E-state index is 0.0656. The smallest absolute Gasteiger partial charge is 0.272 e. The van der Waals surface area contributed by atoms with Crippen LogP contribution in [0.3, 0.4) is 0 Å². The molecule has 0 unspecified atom stereocenters. The number of carbonyl (C=O) groups is 1. The second-order valence-corrected chi connectivity index (χ2v) is 8.88. The molecule has 0 atom stereocenters. The fourth-order valence-corrected chi connectivity index (χ4v) is 4.46. The summed E-state index contributed by atoms with van der Waals surface area (Å²) in [7, 11) is 5.00. The number of nitrogens with zero attached hydrogens (tertiary/aromatic N) is 7. The highest BCUT2D eigenvalue weighted by atomic mass is 16.5. The van der Waals surface area contributed by atoms with Gasteiger partial charge in [-0.25, -0.2) is 15.0 Å². The molecule has 196 valence electrons. The van der Waals surface area contributed by atoms with Gasteiger partial charge in [0.15, 0.2) is 0 Å². The van der Waals surface area contributed by atoms with Gasteiger partial charge in [0.05, 0.1) is 19.9 Å².